The Morgan fingerprint density at radius 3 is 1.43 bits per heavy atom. The van der Waals surface area contributed by atoms with Crippen molar-refractivity contribution in [3.8, 4) is 66.9 Å². The second-order valence-corrected chi connectivity index (χ2v) is 16.8. The largest absolute Gasteiger partial charge is 0.252 e. The summed E-state index contributed by atoms with van der Waals surface area (Å²) in [6.45, 7) is 0. The average Bonchev–Trinajstić information content (AvgIpc) is 3.72. The smallest absolute Gasteiger partial charge is 0.0979 e. The summed E-state index contributed by atoms with van der Waals surface area (Å²) in [6, 6.07) is 76.8. The lowest BCUT2D eigenvalue weighted by Gasteiger charge is -2.13. The number of fused-ring (bicyclic) bond motifs is 9. The minimum atomic E-state index is 0.858. The maximum atomic E-state index is 5.36. The van der Waals surface area contributed by atoms with E-state index < -0.39 is 0 Å². The van der Waals surface area contributed by atoms with Crippen molar-refractivity contribution < 1.29 is 0 Å². The molecular formula is C58H36N2S. The maximum absolute atomic E-state index is 5.36. The fourth-order valence-corrected chi connectivity index (χ4v) is 10.3. The zero-order chi connectivity index (χ0) is 40.3. The van der Waals surface area contributed by atoms with Crippen LogP contribution in [-0.4, -0.2) is 9.97 Å². The minimum Gasteiger partial charge on any atom is -0.252 e. The van der Waals surface area contributed by atoms with Crippen molar-refractivity contribution in [1.82, 2.24) is 9.97 Å². The van der Waals surface area contributed by atoms with Gasteiger partial charge in [-0.3, -0.25) is 4.98 Å². The van der Waals surface area contributed by atoms with Crippen LogP contribution in [-0.2, 0) is 0 Å². The molecule has 0 unspecified atom stereocenters. The fraction of sp³-hybridized carbons (Fsp3) is 0. The average molecular weight is 793 g/mol. The molecule has 2 nitrogen and oxygen atoms in total. The van der Waals surface area contributed by atoms with Gasteiger partial charge in [0.2, 0.25) is 0 Å². The van der Waals surface area contributed by atoms with Gasteiger partial charge in [-0.05, 0) is 103 Å². The molecule has 0 amide bonds. The van der Waals surface area contributed by atoms with E-state index in [0.717, 1.165) is 38.6 Å². The molecule has 0 aliphatic carbocycles. The standard InChI is InChI=1S/C58H36N2S/c1-3-14-37(15-4-1)39-18-11-20-41(30-39)43-28-29-55-52(33-43)53-35-46(42-21-12-19-40(31-42)38-16-5-2-6-17-38)34-51(58(53)61-55)44-22-13-23-45(32-44)54-36-59-56-49-26-9-7-24-47(49)48-25-8-10-27-50(48)57(56)60-54/h1-36H. The van der Waals surface area contributed by atoms with Gasteiger partial charge < -0.3 is 0 Å². The predicted molar refractivity (Wildman–Crippen MR) is 260 cm³/mol. The molecule has 0 N–H and O–H groups in total. The molecule has 0 spiro atoms. The van der Waals surface area contributed by atoms with E-state index in [1.54, 1.807) is 0 Å². The van der Waals surface area contributed by atoms with E-state index >= 15 is 0 Å². The first-order valence-electron chi connectivity index (χ1n) is 20.7. The molecule has 12 aromatic rings. The Labute approximate surface area is 357 Å². The van der Waals surface area contributed by atoms with Crippen molar-refractivity contribution in [2.45, 2.75) is 0 Å². The third kappa shape index (κ3) is 6.18. The Bertz CT molecular complexity index is 3610. The monoisotopic (exact) mass is 792 g/mol. The first-order valence-corrected chi connectivity index (χ1v) is 21.5. The quantitative estimate of drug-likeness (QED) is 0.157. The van der Waals surface area contributed by atoms with Crippen LogP contribution in [0.1, 0.15) is 0 Å². The number of thiophene rings is 1. The fourth-order valence-electron chi connectivity index (χ4n) is 9.06. The van der Waals surface area contributed by atoms with Gasteiger partial charge in [0.05, 0.1) is 22.9 Å². The number of hydrogen-bond acceptors (Lipinski definition) is 3. The highest BCUT2D eigenvalue weighted by Gasteiger charge is 2.17. The van der Waals surface area contributed by atoms with Crippen LogP contribution in [0.4, 0.5) is 0 Å². The predicted octanol–water partition coefficient (Wildman–Crippen LogP) is 16.3. The summed E-state index contributed by atoms with van der Waals surface area (Å²) in [4.78, 5) is 10.5. The Kier molecular flexibility index (Phi) is 8.39. The van der Waals surface area contributed by atoms with Gasteiger partial charge in [-0.25, -0.2) is 4.98 Å². The minimum absolute atomic E-state index is 0.858. The lowest BCUT2D eigenvalue weighted by molar-refractivity contribution is 1.31. The van der Waals surface area contributed by atoms with Crippen LogP contribution in [0.25, 0.3) is 120 Å². The Hall–Kier alpha value is -7.72. The van der Waals surface area contributed by atoms with Crippen molar-refractivity contribution in [3.05, 3.63) is 219 Å². The molecule has 0 saturated heterocycles. The van der Waals surface area contributed by atoms with Crippen LogP contribution in [0.3, 0.4) is 0 Å². The molecule has 0 fully saturated rings. The number of aromatic nitrogens is 2. The number of benzene rings is 10. The molecule has 0 radical (unpaired) electrons. The van der Waals surface area contributed by atoms with Crippen LogP contribution in [0.2, 0.25) is 0 Å². The van der Waals surface area contributed by atoms with E-state index in [1.165, 1.54) is 81.0 Å². The second-order valence-electron chi connectivity index (χ2n) is 15.7. The zero-order valence-electron chi connectivity index (χ0n) is 33.1. The van der Waals surface area contributed by atoms with Gasteiger partial charge in [0.25, 0.3) is 0 Å². The zero-order valence-corrected chi connectivity index (χ0v) is 33.9. The number of hydrogen-bond donors (Lipinski definition) is 0. The van der Waals surface area contributed by atoms with Crippen molar-refractivity contribution in [2.24, 2.45) is 0 Å². The summed E-state index contributed by atoms with van der Waals surface area (Å²) >= 11 is 1.87. The molecule has 0 atom stereocenters. The van der Waals surface area contributed by atoms with Gasteiger partial charge in [0.1, 0.15) is 0 Å². The van der Waals surface area contributed by atoms with E-state index in [4.69, 9.17) is 9.97 Å². The molecule has 2 aromatic heterocycles. The summed E-state index contributed by atoms with van der Waals surface area (Å²) in [7, 11) is 0. The van der Waals surface area contributed by atoms with Crippen molar-refractivity contribution >= 4 is 64.1 Å². The maximum Gasteiger partial charge on any atom is 0.0979 e. The highest BCUT2D eigenvalue weighted by molar-refractivity contribution is 7.26. The molecule has 0 bridgehead atoms. The molecule has 0 saturated carbocycles. The molecule has 0 aliphatic heterocycles. The summed E-state index contributed by atoms with van der Waals surface area (Å²) in [5.74, 6) is 0. The van der Waals surface area contributed by atoms with Crippen LogP contribution < -0.4 is 0 Å². The van der Waals surface area contributed by atoms with Gasteiger partial charge in [-0.15, -0.1) is 11.3 Å². The summed E-state index contributed by atoms with van der Waals surface area (Å²) in [5, 5.41) is 7.15. The van der Waals surface area contributed by atoms with Crippen LogP contribution in [0.5, 0.6) is 0 Å². The third-order valence-electron chi connectivity index (χ3n) is 12.1. The molecule has 12 rings (SSSR count). The van der Waals surface area contributed by atoms with Crippen LogP contribution >= 0.6 is 11.3 Å². The van der Waals surface area contributed by atoms with E-state index in [9.17, 15) is 0 Å². The van der Waals surface area contributed by atoms with Crippen molar-refractivity contribution in [1.29, 1.82) is 0 Å². The lowest BCUT2D eigenvalue weighted by atomic mass is 9.93. The highest BCUT2D eigenvalue weighted by atomic mass is 32.1. The second kappa shape index (κ2) is 14.5. The van der Waals surface area contributed by atoms with Crippen molar-refractivity contribution in [3.63, 3.8) is 0 Å². The third-order valence-corrected chi connectivity index (χ3v) is 13.3. The van der Waals surface area contributed by atoms with E-state index in [2.05, 4.69) is 212 Å². The Balaban J connectivity index is 1.04. The van der Waals surface area contributed by atoms with Gasteiger partial charge >= 0.3 is 0 Å². The van der Waals surface area contributed by atoms with E-state index in [0.29, 0.717) is 0 Å². The number of rotatable bonds is 6. The topological polar surface area (TPSA) is 25.8 Å². The SMILES string of the molecule is c1ccc(-c2cccc(-c3ccc4sc5c(-c6cccc(-c7cnc8c9ccccc9c9ccccc9c8n7)c6)cc(-c6cccc(-c7ccccc7)c6)cc5c4c3)c2)cc1. The van der Waals surface area contributed by atoms with Gasteiger partial charge in [0.15, 0.2) is 0 Å². The van der Waals surface area contributed by atoms with Gasteiger partial charge in [-0.2, -0.15) is 0 Å². The molecule has 2 heterocycles. The molecule has 284 valence electrons. The first-order chi connectivity index (χ1) is 30.2. The summed E-state index contributed by atoms with van der Waals surface area (Å²) in [6.07, 6.45) is 1.94. The Morgan fingerprint density at radius 1 is 0.295 bits per heavy atom. The van der Waals surface area contributed by atoms with Gasteiger partial charge in [0, 0.05) is 42.1 Å². The van der Waals surface area contributed by atoms with Crippen molar-refractivity contribution in [2.75, 3.05) is 0 Å². The first kappa shape index (κ1) is 35.2. The molecule has 10 aromatic carbocycles. The van der Waals surface area contributed by atoms with Crippen LogP contribution in [0, 0.1) is 0 Å². The van der Waals surface area contributed by atoms with E-state index in [-0.39, 0.29) is 0 Å². The molecule has 0 aliphatic rings. The molecule has 61 heavy (non-hydrogen) atoms. The normalized spacial score (nSPS) is 11.6. The highest BCUT2D eigenvalue weighted by Crippen LogP contribution is 2.45. The van der Waals surface area contributed by atoms with E-state index in [1.807, 2.05) is 17.5 Å². The molecular weight excluding hydrogens is 757 g/mol. The lowest BCUT2D eigenvalue weighted by Crippen LogP contribution is -1.92. The summed E-state index contributed by atoms with van der Waals surface area (Å²) in [5.41, 5.74) is 15.7. The van der Waals surface area contributed by atoms with Crippen LogP contribution in [0.15, 0.2) is 219 Å². The molecule has 3 heteroatoms. The summed E-state index contributed by atoms with van der Waals surface area (Å²) < 4.78 is 2.54. The Morgan fingerprint density at radius 2 is 0.770 bits per heavy atom. The van der Waals surface area contributed by atoms with Gasteiger partial charge in [-0.1, -0.05) is 170 Å². The number of nitrogens with zero attached hydrogens (tertiary/aromatic N) is 2.